The van der Waals surface area contributed by atoms with Gasteiger partial charge in [-0.25, -0.2) is 0 Å². The maximum atomic E-state index is 13.2. The fraction of sp³-hybridized carbons (Fsp3) is 0.533. The average Bonchev–Trinajstić information content (AvgIpc) is 2.35. The molecule has 0 bridgehead atoms. The van der Waals surface area contributed by atoms with Crippen LogP contribution in [0.3, 0.4) is 0 Å². The minimum atomic E-state index is -5.89. The maximum Gasteiger partial charge on any atom is 0.461 e. The van der Waals surface area contributed by atoms with Crippen molar-refractivity contribution in [3.8, 4) is 0 Å². The first kappa shape index (κ1) is 17.6. The number of benzene rings is 1. The molecule has 0 saturated heterocycles. The summed E-state index contributed by atoms with van der Waals surface area (Å²) in [6.45, 7) is 7.01. The number of halogens is 5. The van der Waals surface area contributed by atoms with Crippen molar-refractivity contribution in [3.05, 3.63) is 34.9 Å². The normalized spacial score (nSPS) is 13.1. The number of alkyl halides is 5. The quantitative estimate of drug-likeness (QED) is 0.544. The number of carbonyl (C=O) groups is 1. The van der Waals surface area contributed by atoms with Crippen molar-refractivity contribution in [1.29, 1.82) is 0 Å². The van der Waals surface area contributed by atoms with Crippen LogP contribution in [0.2, 0.25) is 0 Å². The van der Waals surface area contributed by atoms with Gasteiger partial charge >= 0.3 is 12.1 Å². The van der Waals surface area contributed by atoms with Gasteiger partial charge in [-0.05, 0) is 23.0 Å². The summed E-state index contributed by atoms with van der Waals surface area (Å²) >= 11 is 0. The van der Waals surface area contributed by atoms with Gasteiger partial charge in [-0.3, -0.25) is 4.79 Å². The summed E-state index contributed by atoms with van der Waals surface area (Å²) in [7, 11) is 0. The summed E-state index contributed by atoms with van der Waals surface area (Å²) in [4.78, 5) is 11.6. The van der Waals surface area contributed by atoms with E-state index < -0.39 is 23.4 Å². The highest BCUT2D eigenvalue weighted by Gasteiger charge is 2.63. The molecule has 0 aliphatic rings. The van der Waals surface area contributed by atoms with Gasteiger partial charge in [0.25, 0.3) is 0 Å². The third-order valence-corrected chi connectivity index (χ3v) is 3.25. The molecule has 0 spiro atoms. The van der Waals surface area contributed by atoms with Crippen LogP contribution in [0.4, 0.5) is 22.0 Å². The molecule has 1 nitrogen and oxygen atoms in total. The molecule has 0 amide bonds. The van der Waals surface area contributed by atoms with Gasteiger partial charge in [0.1, 0.15) is 0 Å². The first-order valence-corrected chi connectivity index (χ1v) is 6.52. The molecule has 0 N–H and O–H groups in total. The zero-order chi connectivity index (χ0) is 16.6. The molecule has 0 fully saturated rings. The van der Waals surface area contributed by atoms with Crippen molar-refractivity contribution >= 4 is 5.78 Å². The van der Waals surface area contributed by atoms with Crippen LogP contribution in [-0.2, 0) is 0 Å². The Morgan fingerprint density at radius 1 is 0.952 bits per heavy atom. The Kier molecular flexibility index (Phi) is 4.80. The van der Waals surface area contributed by atoms with Crippen molar-refractivity contribution in [2.45, 2.75) is 51.6 Å². The summed E-state index contributed by atoms with van der Waals surface area (Å²) < 4.78 is 63.5. The second-order valence-electron chi connectivity index (χ2n) is 5.56. The largest absolute Gasteiger partial charge is 0.461 e. The molecule has 0 atom stereocenters. The molecule has 21 heavy (non-hydrogen) atoms. The lowest BCUT2D eigenvalue weighted by molar-refractivity contribution is -0.255. The lowest BCUT2D eigenvalue weighted by Gasteiger charge is -2.21. The number of rotatable bonds is 4. The summed E-state index contributed by atoms with van der Waals surface area (Å²) in [6.07, 6.45) is -5.89. The number of carbonyl (C=O) groups excluding carboxylic acids is 1. The molecular formula is C15H17F5O. The second kappa shape index (κ2) is 5.73. The Morgan fingerprint density at radius 2 is 1.48 bits per heavy atom. The van der Waals surface area contributed by atoms with Gasteiger partial charge in [0, 0.05) is 5.56 Å². The Bertz CT molecular complexity index is 529. The van der Waals surface area contributed by atoms with Gasteiger partial charge < -0.3 is 0 Å². The van der Waals surface area contributed by atoms with Gasteiger partial charge in [0.2, 0.25) is 5.78 Å². The van der Waals surface area contributed by atoms with Gasteiger partial charge in [0.05, 0.1) is 0 Å². The standard InChI is InChI=1S/C15H17F5O/c1-8(2)10-5-6-11(12(7-10)9(3)4)13(21)14(16,17)15(18,19)20/h5-9H,1-4H3. The summed E-state index contributed by atoms with van der Waals surface area (Å²) in [5.74, 6) is -7.84. The highest BCUT2D eigenvalue weighted by Crippen LogP contribution is 2.39. The molecule has 118 valence electrons. The number of hydrogen-bond acceptors (Lipinski definition) is 1. The van der Waals surface area contributed by atoms with Gasteiger partial charge in [-0.15, -0.1) is 0 Å². The van der Waals surface area contributed by atoms with E-state index in [0.29, 0.717) is 0 Å². The zero-order valence-corrected chi connectivity index (χ0v) is 12.2. The summed E-state index contributed by atoms with van der Waals surface area (Å²) in [6, 6.07) is 4.00. The zero-order valence-electron chi connectivity index (χ0n) is 12.2. The average molecular weight is 308 g/mol. The van der Waals surface area contributed by atoms with Crippen molar-refractivity contribution < 1.29 is 26.7 Å². The van der Waals surface area contributed by atoms with Gasteiger partial charge in [-0.1, -0.05) is 45.9 Å². The third-order valence-electron chi connectivity index (χ3n) is 3.25. The fourth-order valence-corrected chi connectivity index (χ4v) is 1.92. The van der Waals surface area contributed by atoms with Crippen LogP contribution in [0, 0.1) is 0 Å². The van der Waals surface area contributed by atoms with Gasteiger partial charge in [-0.2, -0.15) is 22.0 Å². The lowest BCUT2D eigenvalue weighted by atomic mass is 9.88. The monoisotopic (exact) mass is 308 g/mol. The minimum absolute atomic E-state index is 0.0785. The van der Waals surface area contributed by atoms with E-state index in [2.05, 4.69) is 0 Å². The van der Waals surface area contributed by atoms with Crippen LogP contribution in [-0.4, -0.2) is 17.9 Å². The highest BCUT2D eigenvalue weighted by atomic mass is 19.4. The van der Waals surface area contributed by atoms with Crippen LogP contribution >= 0.6 is 0 Å². The molecule has 0 unspecified atom stereocenters. The van der Waals surface area contributed by atoms with E-state index in [9.17, 15) is 26.7 Å². The lowest BCUT2D eigenvalue weighted by Crippen LogP contribution is -2.44. The first-order valence-electron chi connectivity index (χ1n) is 6.52. The number of Topliss-reactive ketones (excluding diaryl/α,β-unsaturated/α-hetero) is 1. The maximum absolute atomic E-state index is 13.2. The molecule has 0 saturated carbocycles. The molecule has 0 aliphatic carbocycles. The predicted molar refractivity (Wildman–Crippen MR) is 70.0 cm³/mol. The van der Waals surface area contributed by atoms with Crippen molar-refractivity contribution in [2.24, 2.45) is 0 Å². The van der Waals surface area contributed by atoms with E-state index in [1.54, 1.807) is 13.8 Å². The Morgan fingerprint density at radius 3 is 1.86 bits per heavy atom. The first-order chi connectivity index (χ1) is 9.39. The Balaban J connectivity index is 3.40. The molecule has 6 heteroatoms. The summed E-state index contributed by atoms with van der Waals surface area (Å²) in [5.41, 5.74) is 0.414. The van der Waals surface area contributed by atoms with E-state index >= 15 is 0 Å². The Hall–Kier alpha value is -1.46. The predicted octanol–water partition coefficient (Wildman–Crippen LogP) is 5.31. The SMILES string of the molecule is CC(C)c1ccc(C(=O)C(F)(F)C(F)(F)F)c(C(C)C)c1. The molecule has 0 heterocycles. The van der Waals surface area contributed by atoms with E-state index in [4.69, 9.17) is 0 Å². The molecule has 1 aromatic carbocycles. The molecular weight excluding hydrogens is 291 g/mol. The molecule has 1 aromatic rings. The molecule has 0 aliphatic heterocycles. The Labute approximate surface area is 120 Å². The van der Waals surface area contributed by atoms with E-state index in [1.807, 2.05) is 13.8 Å². The number of hydrogen-bond donors (Lipinski definition) is 0. The van der Waals surface area contributed by atoms with Crippen molar-refractivity contribution in [3.63, 3.8) is 0 Å². The third kappa shape index (κ3) is 3.41. The second-order valence-corrected chi connectivity index (χ2v) is 5.56. The van der Waals surface area contributed by atoms with E-state index in [1.165, 1.54) is 12.1 Å². The van der Waals surface area contributed by atoms with Crippen LogP contribution in [0.25, 0.3) is 0 Å². The fourth-order valence-electron chi connectivity index (χ4n) is 1.92. The van der Waals surface area contributed by atoms with Gasteiger partial charge in [0.15, 0.2) is 0 Å². The topological polar surface area (TPSA) is 17.1 Å². The molecule has 0 radical (unpaired) electrons. The number of ketones is 1. The van der Waals surface area contributed by atoms with Crippen molar-refractivity contribution in [1.82, 2.24) is 0 Å². The van der Waals surface area contributed by atoms with Crippen LogP contribution < -0.4 is 0 Å². The van der Waals surface area contributed by atoms with E-state index in [-0.39, 0.29) is 17.4 Å². The van der Waals surface area contributed by atoms with Crippen LogP contribution in [0.15, 0.2) is 18.2 Å². The smallest absolute Gasteiger partial charge is 0.287 e. The van der Waals surface area contributed by atoms with Crippen LogP contribution in [0.1, 0.15) is 61.0 Å². The summed E-state index contributed by atoms with van der Waals surface area (Å²) in [5, 5.41) is 0. The van der Waals surface area contributed by atoms with Crippen molar-refractivity contribution in [2.75, 3.05) is 0 Å². The minimum Gasteiger partial charge on any atom is -0.287 e. The molecule has 0 aromatic heterocycles. The molecule has 1 rings (SSSR count). The highest BCUT2D eigenvalue weighted by molar-refractivity contribution is 6.03. The van der Waals surface area contributed by atoms with Crippen LogP contribution in [0.5, 0.6) is 0 Å². The van der Waals surface area contributed by atoms with E-state index in [0.717, 1.165) is 11.6 Å².